The van der Waals surface area contributed by atoms with Crippen LogP contribution in [0.2, 0.25) is 0 Å². The molecule has 2 aromatic carbocycles. The van der Waals surface area contributed by atoms with Gasteiger partial charge >= 0.3 is 11.9 Å². The summed E-state index contributed by atoms with van der Waals surface area (Å²) in [6.45, 7) is 4.22. The normalized spacial score (nSPS) is 13.5. The maximum atomic E-state index is 12.4. The van der Waals surface area contributed by atoms with Crippen molar-refractivity contribution in [2.24, 2.45) is 11.8 Å². The van der Waals surface area contributed by atoms with Crippen LogP contribution in [-0.4, -0.2) is 39.2 Å². The van der Waals surface area contributed by atoms with Crippen LogP contribution in [0.1, 0.15) is 55.1 Å². The average molecular weight is 410 g/mol. The number of carboxylic acids is 1. The molecular weight excluding hydrogens is 384 g/mol. The summed E-state index contributed by atoms with van der Waals surface area (Å²) in [5.41, 5.74) is 2.13. The molecule has 2 atom stereocenters. The molecule has 0 fully saturated rings. The fraction of sp³-hybridized carbons (Fsp3) is 0.391. The Morgan fingerprint density at radius 1 is 1.00 bits per heavy atom. The highest BCUT2D eigenvalue weighted by Crippen LogP contribution is 2.32. The fourth-order valence-electron chi connectivity index (χ4n) is 3.67. The number of hydrogen-bond donors (Lipinski definition) is 2. The number of nitrogens with zero attached hydrogens (tertiary/aromatic N) is 2. The molecule has 0 aliphatic rings. The highest BCUT2D eigenvalue weighted by Gasteiger charge is 2.30. The SMILES string of the molecule is COC(=O)C(CCCC(C)C)C(O)c1cccc2nc3c(C(=O)O)cccc3nc12. The van der Waals surface area contributed by atoms with Crippen molar-refractivity contribution in [2.45, 2.75) is 39.2 Å². The van der Waals surface area contributed by atoms with E-state index in [9.17, 15) is 19.8 Å². The highest BCUT2D eigenvalue weighted by atomic mass is 16.5. The smallest absolute Gasteiger partial charge is 0.337 e. The first kappa shape index (κ1) is 21.6. The van der Waals surface area contributed by atoms with Crippen molar-refractivity contribution in [3.05, 3.63) is 47.5 Å². The van der Waals surface area contributed by atoms with Gasteiger partial charge in [0, 0.05) is 5.56 Å². The van der Waals surface area contributed by atoms with Gasteiger partial charge < -0.3 is 14.9 Å². The van der Waals surface area contributed by atoms with Gasteiger partial charge in [-0.25, -0.2) is 14.8 Å². The predicted molar refractivity (Wildman–Crippen MR) is 113 cm³/mol. The first-order chi connectivity index (χ1) is 14.3. The fourth-order valence-corrected chi connectivity index (χ4v) is 3.67. The van der Waals surface area contributed by atoms with Gasteiger partial charge in [0.1, 0.15) is 5.52 Å². The molecule has 1 aromatic heterocycles. The summed E-state index contributed by atoms with van der Waals surface area (Å²) in [5.74, 6) is -1.77. The van der Waals surface area contributed by atoms with Crippen LogP contribution >= 0.6 is 0 Å². The number of aliphatic hydroxyl groups excluding tert-OH is 1. The third kappa shape index (κ3) is 4.41. The molecule has 7 nitrogen and oxygen atoms in total. The second kappa shape index (κ2) is 9.17. The average Bonchev–Trinajstić information content (AvgIpc) is 2.73. The van der Waals surface area contributed by atoms with Crippen LogP contribution in [0.5, 0.6) is 0 Å². The van der Waals surface area contributed by atoms with Crippen molar-refractivity contribution in [1.29, 1.82) is 0 Å². The lowest BCUT2D eigenvalue weighted by Crippen LogP contribution is -2.24. The number of rotatable bonds is 8. The van der Waals surface area contributed by atoms with Crippen LogP contribution < -0.4 is 0 Å². The zero-order valence-corrected chi connectivity index (χ0v) is 17.3. The van der Waals surface area contributed by atoms with Crippen molar-refractivity contribution in [2.75, 3.05) is 7.11 Å². The minimum absolute atomic E-state index is 0.0639. The molecular formula is C23H26N2O5. The Bertz CT molecular complexity index is 1080. The molecule has 2 unspecified atom stereocenters. The summed E-state index contributed by atoms with van der Waals surface area (Å²) in [7, 11) is 1.31. The third-order valence-electron chi connectivity index (χ3n) is 5.26. The van der Waals surface area contributed by atoms with Crippen LogP contribution in [0.15, 0.2) is 36.4 Å². The lowest BCUT2D eigenvalue weighted by molar-refractivity contribution is -0.150. The number of para-hydroxylation sites is 2. The van der Waals surface area contributed by atoms with Gasteiger partial charge in [-0.05, 0) is 30.5 Å². The Hall–Kier alpha value is -3.06. The van der Waals surface area contributed by atoms with Crippen LogP contribution in [0.3, 0.4) is 0 Å². The Morgan fingerprint density at radius 2 is 1.63 bits per heavy atom. The monoisotopic (exact) mass is 410 g/mol. The minimum atomic E-state index is -1.11. The maximum absolute atomic E-state index is 12.4. The third-order valence-corrected chi connectivity index (χ3v) is 5.26. The molecule has 0 saturated carbocycles. The summed E-state index contributed by atoms with van der Waals surface area (Å²) in [6, 6.07) is 9.90. The molecule has 0 saturated heterocycles. The van der Waals surface area contributed by atoms with Crippen molar-refractivity contribution >= 4 is 34.0 Å². The van der Waals surface area contributed by atoms with E-state index in [0.717, 1.165) is 12.8 Å². The number of carboxylic acid groups (broad SMARTS) is 1. The summed E-state index contributed by atoms with van der Waals surface area (Å²) in [6.07, 6.45) is 1.11. The zero-order chi connectivity index (χ0) is 21.8. The molecule has 1 heterocycles. The van der Waals surface area contributed by atoms with Crippen molar-refractivity contribution in [1.82, 2.24) is 9.97 Å². The molecule has 0 aliphatic carbocycles. The van der Waals surface area contributed by atoms with E-state index in [-0.39, 0.29) is 11.1 Å². The maximum Gasteiger partial charge on any atom is 0.337 e. The number of carbonyl (C=O) groups excluding carboxylic acids is 1. The number of methoxy groups -OCH3 is 1. The summed E-state index contributed by atoms with van der Waals surface area (Å²) in [4.78, 5) is 33.0. The van der Waals surface area contributed by atoms with Gasteiger partial charge in [0.2, 0.25) is 0 Å². The van der Waals surface area contributed by atoms with Gasteiger partial charge in [-0.2, -0.15) is 0 Å². The van der Waals surface area contributed by atoms with E-state index in [0.29, 0.717) is 34.5 Å². The van der Waals surface area contributed by atoms with E-state index in [2.05, 4.69) is 23.8 Å². The van der Waals surface area contributed by atoms with Crippen LogP contribution in [0.25, 0.3) is 22.1 Å². The number of esters is 1. The van der Waals surface area contributed by atoms with E-state index in [1.807, 2.05) is 0 Å². The number of ether oxygens (including phenoxy) is 1. The molecule has 0 aliphatic heterocycles. The predicted octanol–water partition coefficient (Wildman–Crippen LogP) is 4.13. The van der Waals surface area contributed by atoms with Gasteiger partial charge in [-0.1, -0.05) is 44.9 Å². The molecule has 3 rings (SSSR count). The molecule has 30 heavy (non-hydrogen) atoms. The van der Waals surface area contributed by atoms with Crippen LogP contribution in [0.4, 0.5) is 0 Å². The molecule has 0 radical (unpaired) electrons. The number of carbonyl (C=O) groups is 2. The van der Waals surface area contributed by atoms with E-state index in [1.165, 1.54) is 13.2 Å². The molecule has 7 heteroatoms. The molecule has 158 valence electrons. The molecule has 0 amide bonds. The number of hydrogen-bond acceptors (Lipinski definition) is 6. The van der Waals surface area contributed by atoms with Crippen molar-refractivity contribution < 1.29 is 24.5 Å². The highest BCUT2D eigenvalue weighted by molar-refractivity contribution is 6.02. The van der Waals surface area contributed by atoms with Gasteiger partial charge in [0.05, 0.1) is 41.2 Å². The second-order valence-corrected chi connectivity index (χ2v) is 7.82. The largest absolute Gasteiger partial charge is 0.478 e. The Kier molecular flexibility index (Phi) is 6.62. The van der Waals surface area contributed by atoms with Gasteiger partial charge in [-0.15, -0.1) is 0 Å². The molecule has 0 bridgehead atoms. The topological polar surface area (TPSA) is 110 Å². The van der Waals surface area contributed by atoms with E-state index >= 15 is 0 Å². The van der Waals surface area contributed by atoms with Gasteiger partial charge in [0.15, 0.2) is 0 Å². The number of aromatic carboxylic acids is 1. The van der Waals surface area contributed by atoms with E-state index in [4.69, 9.17) is 4.74 Å². The molecule has 3 aromatic rings. The van der Waals surface area contributed by atoms with E-state index in [1.54, 1.807) is 30.3 Å². The quantitative estimate of drug-likeness (QED) is 0.424. The second-order valence-electron chi connectivity index (χ2n) is 7.82. The number of benzene rings is 2. The lowest BCUT2D eigenvalue weighted by atomic mass is 9.89. The Morgan fingerprint density at radius 3 is 2.27 bits per heavy atom. The number of aliphatic hydroxyl groups is 1. The Labute approximate surface area is 174 Å². The number of aromatic nitrogens is 2. The first-order valence-electron chi connectivity index (χ1n) is 10.0. The Balaban J connectivity index is 2.07. The molecule has 2 N–H and O–H groups in total. The summed E-state index contributed by atoms with van der Waals surface area (Å²) >= 11 is 0. The minimum Gasteiger partial charge on any atom is -0.478 e. The first-order valence-corrected chi connectivity index (χ1v) is 10.0. The summed E-state index contributed by atoms with van der Waals surface area (Å²) in [5, 5.41) is 20.5. The lowest BCUT2D eigenvalue weighted by Gasteiger charge is -2.22. The van der Waals surface area contributed by atoms with Crippen LogP contribution in [-0.2, 0) is 9.53 Å². The van der Waals surface area contributed by atoms with Crippen LogP contribution in [0, 0.1) is 11.8 Å². The van der Waals surface area contributed by atoms with Gasteiger partial charge in [-0.3, -0.25) is 4.79 Å². The summed E-state index contributed by atoms with van der Waals surface area (Å²) < 4.78 is 4.94. The van der Waals surface area contributed by atoms with Gasteiger partial charge in [0.25, 0.3) is 0 Å². The zero-order valence-electron chi connectivity index (χ0n) is 17.3. The van der Waals surface area contributed by atoms with Crippen molar-refractivity contribution in [3.8, 4) is 0 Å². The standard InChI is InChI=1S/C23H26N2O5/c1-13(2)7-4-10-16(23(29)30-3)21(26)14-8-5-11-17-19(14)24-18-12-6-9-15(22(27)28)20(18)25-17/h5-6,8-9,11-13,16,21,26H,4,7,10H2,1-3H3,(H,27,28). The number of fused-ring (bicyclic) bond motifs is 2. The van der Waals surface area contributed by atoms with E-state index < -0.39 is 24.0 Å². The molecule has 0 spiro atoms. The van der Waals surface area contributed by atoms with Crippen molar-refractivity contribution in [3.63, 3.8) is 0 Å².